The fraction of sp³-hybridized carbons (Fsp3) is 0.333. The van der Waals surface area contributed by atoms with Crippen LogP contribution in [0.2, 0.25) is 0 Å². The van der Waals surface area contributed by atoms with E-state index < -0.39 is 22.0 Å². The molecule has 8 heteroatoms. The molecule has 0 unspecified atom stereocenters. The lowest BCUT2D eigenvalue weighted by Crippen LogP contribution is -2.38. The van der Waals surface area contributed by atoms with Gasteiger partial charge in [-0.25, -0.2) is 8.42 Å². The largest absolute Gasteiger partial charge is 0.480 e. The molecule has 0 bridgehead atoms. The van der Waals surface area contributed by atoms with Gasteiger partial charge in [0.2, 0.25) is 10.0 Å². The number of sulfonamides is 1. The molecule has 1 aliphatic heterocycles. The number of rotatable bonds is 4. The van der Waals surface area contributed by atoms with Gasteiger partial charge in [0.05, 0.1) is 4.90 Å². The molecule has 1 aromatic rings. The highest BCUT2D eigenvalue weighted by molar-refractivity contribution is 7.89. The van der Waals surface area contributed by atoms with Crippen molar-refractivity contribution in [3.05, 3.63) is 29.3 Å². The van der Waals surface area contributed by atoms with E-state index in [0.717, 1.165) is 5.56 Å². The number of carbonyl (C=O) groups is 2. The Morgan fingerprint density at radius 3 is 2.80 bits per heavy atom. The van der Waals surface area contributed by atoms with Crippen LogP contribution >= 0.6 is 0 Å². The normalized spacial score (nSPS) is 16.1. The van der Waals surface area contributed by atoms with Gasteiger partial charge >= 0.3 is 5.97 Å². The fourth-order valence-electron chi connectivity index (χ4n) is 1.91. The van der Waals surface area contributed by atoms with Crippen molar-refractivity contribution in [3.8, 4) is 0 Å². The van der Waals surface area contributed by atoms with Gasteiger partial charge in [-0.05, 0) is 31.0 Å². The highest BCUT2D eigenvalue weighted by atomic mass is 32.2. The third kappa shape index (κ3) is 2.81. The number of hydrogen-bond acceptors (Lipinski definition) is 4. The van der Waals surface area contributed by atoms with Crippen molar-refractivity contribution >= 4 is 21.9 Å². The smallest absolute Gasteiger partial charge is 0.321 e. The summed E-state index contributed by atoms with van der Waals surface area (Å²) in [7, 11) is -3.97. The molecule has 0 saturated heterocycles. The predicted molar refractivity (Wildman–Crippen MR) is 69.9 cm³/mol. The van der Waals surface area contributed by atoms with Crippen LogP contribution < -0.4 is 10.0 Å². The highest BCUT2D eigenvalue weighted by Gasteiger charge is 2.24. The van der Waals surface area contributed by atoms with Gasteiger partial charge in [0.1, 0.15) is 6.04 Å². The fourth-order valence-corrected chi connectivity index (χ4v) is 3.13. The number of carboxylic acid groups (broad SMARTS) is 1. The zero-order chi connectivity index (χ0) is 14.9. The van der Waals surface area contributed by atoms with Crippen molar-refractivity contribution in [1.82, 2.24) is 10.0 Å². The van der Waals surface area contributed by atoms with E-state index in [9.17, 15) is 18.0 Å². The average Bonchev–Trinajstić information content (AvgIpc) is 2.38. The van der Waals surface area contributed by atoms with Crippen LogP contribution in [0.1, 0.15) is 22.8 Å². The quantitative estimate of drug-likeness (QED) is 0.708. The number of fused-ring (bicyclic) bond motifs is 1. The number of hydrogen-bond donors (Lipinski definition) is 3. The van der Waals surface area contributed by atoms with Crippen LogP contribution in [0.25, 0.3) is 0 Å². The van der Waals surface area contributed by atoms with Gasteiger partial charge in [-0.2, -0.15) is 4.72 Å². The molecule has 0 radical (unpaired) electrons. The highest BCUT2D eigenvalue weighted by Crippen LogP contribution is 2.19. The third-order valence-electron chi connectivity index (χ3n) is 3.02. The first kappa shape index (κ1) is 14.5. The number of carbonyl (C=O) groups excluding carboxylic acids is 1. The van der Waals surface area contributed by atoms with Gasteiger partial charge in [-0.15, -0.1) is 0 Å². The lowest BCUT2D eigenvalue weighted by atomic mass is 10.0. The molecule has 108 valence electrons. The van der Waals surface area contributed by atoms with Crippen LogP contribution in [0.3, 0.4) is 0 Å². The molecule has 1 aliphatic rings. The minimum absolute atomic E-state index is 0.124. The molecule has 2 rings (SSSR count). The average molecular weight is 298 g/mol. The molecule has 1 atom stereocenters. The van der Waals surface area contributed by atoms with Crippen molar-refractivity contribution in [2.75, 3.05) is 6.54 Å². The molecule has 0 saturated carbocycles. The van der Waals surface area contributed by atoms with Gasteiger partial charge in [0.25, 0.3) is 5.91 Å². The lowest BCUT2D eigenvalue weighted by Gasteiger charge is -2.17. The zero-order valence-electron chi connectivity index (χ0n) is 10.7. The Kier molecular flexibility index (Phi) is 3.78. The molecule has 3 N–H and O–H groups in total. The number of carboxylic acids is 1. The van der Waals surface area contributed by atoms with Gasteiger partial charge in [-0.3, -0.25) is 9.59 Å². The van der Waals surface area contributed by atoms with Crippen molar-refractivity contribution < 1.29 is 23.1 Å². The van der Waals surface area contributed by atoms with Crippen LogP contribution in [0, 0.1) is 0 Å². The Morgan fingerprint density at radius 1 is 1.45 bits per heavy atom. The standard InChI is InChI=1S/C12H14N2O5S/c1-7(12(16)17)14-20(18,19)9-3-2-8-4-5-13-11(15)10(8)6-9/h2-3,6-7,14H,4-5H2,1H3,(H,13,15)(H,16,17)/t7-/m0/s1. The van der Waals surface area contributed by atoms with E-state index in [1.165, 1.54) is 19.1 Å². The summed E-state index contributed by atoms with van der Waals surface area (Å²) in [6, 6.07) is 2.97. The predicted octanol–water partition coefficient (Wildman–Crippen LogP) is -0.276. The second-order valence-electron chi connectivity index (χ2n) is 4.51. The van der Waals surface area contributed by atoms with E-state index in [-0.39, 0.29) is 10.8 Å². The van der Waals surface area contributed by atoms with Crippen molar-refractivity contribution in [3.63, 3.8) is 0 Å². The maximum Gasteiger partial charge on any atom is 0.321 e. The van der Waals surface area contributed by atoms with Crippen LogP contribution in [0.15, 0.2) is 23.1 Å². The van der Waals surface area contributed by atoms with E-state index in [1.54, 1.807) is 6.07 Å². The first-order chi connectivity index (χ1) is 9.31. The number of nitrogens with one attached hydrogen (secondary N) is 2. The first-order valence-electron chi connectivity index (χ1n) is 5.97. The molecule has 20 heavy (non-hydrogen) atoms. The minimum atomic E-state index is -3.97. The monoisotopic (exact) mass is 298 g/mol. The summed E-state index contributed by atoms with van der Waals surface area (Å²) in [5.41, 5.74) is 1.08. The molecule has 7 nitrogen and oxygen atoms in total. The van der Waals surface area contributed by atoms with E-state index >= 15 is 0 Å². The summed E-state index contributed by atoms with van der Waals surface area (Å²) in [5.74, 6) is -1.60. The Labute approximate surface area is 116 Å². The molecule has 0 spiro atoms. The van der Waals surface area contributed by atoms with Crippen molar-refractivity contribution in [2.45, 2.75) is 24.3 Å². The van der Waals surface area contributed by atoms with Crippen LogP contribution in [-0.4, -0.2) is 38.0 Å². The molecule has 0 fully saturated rings. The second-order valence-corrected chi connectivity index (χ2v) is 6.22. The molecule has 1 aromatic carbocycles. The van der Waals surface area contributed by atoms with Crippen LogP contribution in [0.5, 0.6) is 0 Å². The van der Waals surface area contributed by atoms with Crippen LogP contribution in [-0.2, 0) is 21.2 Å². The van der Waals surface area contributed by atoms with E-state index in [1.807, 2.05) is 4.72 Å². The summed E-state index contributed by atoms with van der Waals surface area (Å²) in [6.07, 6.45) is 0.639. The molecular formula is C12H14N2O5S. The lowest BCUT2D eigenvalue weighted by molar-refractivity contribution is -0.138. The molecule has 1 heterocycles. The Balaban J connectivity index is 2.36. The van der Waals surface area contributed by atoms with Gasteiger partial charge in [0, 0.05) is 12.1 Å². The summed E-state index contributed by atoms with van der Waals surface area (Å²) >= 11 is 0. The molecule has 0 aromatic heterocycles. The van der Waals surface area contributed by atoms with Gasteiger partial charge < -0.3 is 10.4 Å². The number of aliphatic carboxylic acids is 1. The maximum atomic E-state index is 12.0. The topological polar surface area (TPSA) is 113 Å². The van der Waals surface area contributed by atoms with E-state index in [4.69, 9.17) is 5.11 Å². The Bertz CT molecular complexity index is 668. The maximum absolute atomic E-state index is 12.0. The van der Waals surface area contributed by atoms with E-state index in [0.29, 0.717) is 18.5 Å². The van der Waals surface area contributed by atoms with Gasteiger partial charge in [0.15, 0.2) is 0 Å². The Morgan fingerprint density at radius 2 is 2.15 bits per heavy atom. The van der Waals surface area contributed by atoms with Crippen molar-refractivity contribution in [1.29, 1.82) is 0 Å². The SMILES string of the molecule is C[C@H](NS(=O)(=O)c1ccc2c(c1)C(=O)NCC2)C(=O)O. The summed E-state index contributed by atoms with van der Waals surface area (Å²) in [4.78, 5) is 22.3. The van der Waals surface area contributed by atoms with Crippen LogP contribution in [0.4, 0.5) is 0 Å². The summed E-state index contributed by atoms with van der Waals surface area (Å²) < 4.78 is 26.1. The van der Waals surface area contributed by atoms with Crippen molar-refractivity contribution in [2.24, 2.45) is 0 Å². The summed E-state index contributed by atoms with van der Waals surface area (Å²) in [6.45, 7) is 1.75. The molecular weight excluding hydrogens is 284 g/mol. The number of benzene rings is 1. The second kappa shape index (κ2) is 5.22. The van der Waals surface area contributed by atoms with E-state index in [2.05, 4.69) is 5.32 Å². The summed E-state index contributed by atoms with van der Waals surface area (Å²) in [5, 5.41) is 11.4. The zero-order valence-corrected chi connectivity index (χ0v) is 11.5. The first-order valence-corrected chi connectivity index (χ1v) is 7.46. The molecule has 1 amide bonds. The number of amides is 1. The van der Waals surface area contributed by atoms with Gasteiger partial charge in [-0.1, -0.05) is 6.07 Å². The third-order valence-corrected chi connectivity index (χ3v) is 4.56. The Hall–Kier alpha value is -1.93. The minimum Gasteiger partial charge on any atom is -0.480 e. The molecule has 0 aliphatic carbocycles.